The van der Waals surface area contributed by atoms with Crippen molar-refractivity contribution in [1.82, 2.24) is 20.1 Å². The van der Waals surface area contributed by atoms with E-state index in [2.05, 4.69) is 15.2 Å². The highest BCUT2D eigenvalue weighted by Crippen LogP contribution is 2.51. The Morgan fingerprint density at radius 3 is 2.48 bits per heavy atom. The summed E-state index contributed by atoms with van der Waals surface area (Å²) in [6, 6.07) is 10.1. The highest BCUT2D eigenvalue weighted by atomic mass is 35.5. The van der Waals surface area contributed by atoms with Crippen LogP contribution in [-0.4, -0.2) is 65.9 Å². The van der Waals surface area contributed by atoms with Gasteiger partial charge in [0.25, 0.3) is 0 Å². The van der Waals surface area contributed by atoms with E-state index in [-0.39, 0.29) is 11.8 Å². The minimum absolute atomic E-state index is 0.0647. The van der Waals surface area contributed by atoms with Crippen molar-refractivity contribution in [1.29, 1.82) is 0 Å². The summed E-state index contributed by atoms with van der Waals surface area (Å²) >= 11 is 12.4. The van der Waals surface area contributed by atoms with E-state index in [9.17, 15) is 9.59 Å². The van der Waals surface area contributed by atoms with Crippen molar-refractivity contribution in [3.05, 3.63) is 63.9 Å². The van der Waals surface area contributed by atoms with Crippen molar-refractivity contribution in [2.75, 3.05) is 33.2 Å². The van der Waals surface area contributed by atoms with Crippen LogP contribution in [0.1, 0.15) is 24.1 Å². The molecule has 31 heavy (non-hydrogen) atoms. The maximum Gasteiger partial charge on any atom is 0.245 e. The molecule has 2 aromatic rings. The number of nitrogens with one attached hydrogen (secondary N) is 1. The van der Waals surface area contributed by atoms with Crippen LogP contribution in [0.15, 0.2) is 42.6 Å². The number of halogens is 2. The molecule has 0 radical (unpaired) electrons. The zero-order valence-electron chi connectivity index (χ0n) is 17.5. The lowest BCUT2D eigenvalue weighted by Crippen LogP contribution is -2.56. The topological polar surface area (TPSA) is 65.5 Å². The van der Waals surface area contributed by atoms with Gasteiger partial charge in [-0.3, -0.25) is 14.6 Å². The van der Waals surface area contributed by atoms with E-state index in [1.165, 1.54) is 0 Å². The van der Waals surface area contributed by atoms with Crippen LogP contribution in [0, 0.1) is 0 Å². The molecular formula is C23H26Cl2N4O2. The molecule has 1 aliphatic carbocycles. The quantitative estimate of drug-likeness (QED) is 0.719. The fourth-order valence-corrected chi connectivity index (χ4v) is 4.68. The number of hydrogen-bond acceptors (Lipinski definition) is 4. The third-order valence-electron chi connectivity index (χ3n) is 6.19. The lowest BCUT2D eigenvalue weighted by atomic mass is 9.94. The van der Waals surface area contributed by atoms with Gasteiger partial charge in [0.1, 0.15) is 6.04 Å². The zero-order valence-corrected chi connectivity index (χ0v) is 19.0. The van der Waals surface area contributed by atoms with Gasteiger partial charge in [-0.2, -0.15) is 0 Å². The number of carbonyl (C=O) groups is 2. The number of pyridine rings is 1. The number of carbonyl (C=O) groups excluding carboxylic acids is 2. The second-order valence-electron chi connectivity index (χ2n) is 8.39. The summed E-state index contributed by atoms with van der Waals surface area (Å²) in [6.07, 6.45) is 3.44. The van der Waals surface area contributed by atoms with Gasteiger partial charge < -0.3 is 15.1 Å². The van der Waals surface area contributed by atoms with Crippen LogP contribution in [-0.2, 0) is 21.4 Å². The molecule has 1 saturated heterocycles. The lowest BCUT2D eigenvalue weighted by Gasteiger charge is -2.35. The van der Waals surface area contributed by atoms with E-state index in [1.54, 1.807) is 18.3 Å². The molecule has 2 fully saturated rings. The molecule has 8 heteroatoms. The van der Waals surface area contributed by atoms with Crippen molar-refractivity contribution in [3.63, 3.8) is 0 Å². The maximum atomic E-state index is 13.4. The molecule has 2 heterocycles. The summed E-state index contributed by atoms with van der Waals surface area (Å²) in [6.45, 7) is 2.94. The average molecular weight is 461 g/mol. The Balaban J connectivity index is 1.55. The Bertz CT molecular complexity index is 957. The van der Waals surface area contributed by atoms with Gasteiger partial charge >= 0.3 is 0 Å². The molecule has 0 bridgehead atoms. The van der Waals surface area contributed by atoms with Gasteiger partial charge in [-0.1, -0.05) is 35.3 Å². The van der Waals surface area contributed by atoms with Crippen LogP contribution in [0.4, 0.5) is 0 Å². The van der Waals surface area contributed by atoms with Gasteiger partial charge in [-0.15, -0.1) is 0 Å². The molecule has 1 N–H and O–H groups in total. The predicted molar refractivity (Wildman–Crippen MR) is 121 cm³/mol. The summed E-state index contributed by atoms with van der Waals surface area (Å²) in [5.74, 6) is -0.231. The van der Waals surface area contributed by atoms with Gasteiger partial charge in [0.15, 0.2) is 0 Å². The minimum Gasteiger partial charge on any atom is -0.343 e. The van der Waals surface area contributed by atoms with Gasteiger partial charge in [-0.25, -0.2) is 0 Å². The van der Waals surface area contributed by atoms with Crippen LogP contribution >= 0.6 is 23.2 Å². The predicted octanol–water partition coefficient (Wildman–Crippen LogP) is 2.92. The van der Waals surface area contributed by atoms with Crippen LogP contribution in [0.2, 0.25) is 10.0 Å². The molecule has 1 aliphatic heterocycles. The monoisotopic (exact) mass is 460 g/mol. The van der Waals surface area contributed by atoms with E-state index >= 15 is 0 Å². The normalized spacial score (nSPS) is 19.0. The van der Waals surface area contributed by atoms with Gasteiger partial charge in [-0.05, 0) is 49.7 Å². The minimum atomic E-state index is -0.702. The molecule has 1 aromatic carbocycles. The van der Waals surface area contributed by atoms with E-state index < -0.39 is 11.5 Å². The first-order chi connectivity index (χ1) is 14.9. The second-order valence-corrected chi connectivity index (χ2v) is 9.23. The molecule has 1 saturated carbocycles. The van der Waals surface area contributed by atoms with Gasteiger partial charge in [0.05, 0.1) is 5.41 Å². The van der Waals surface area contributed by atoms with Crippen molar-refractivity contribution in [2.45, 2.75) is 30.7 Å². The molecule has 2 aliphatic rings. The summed E-state index contributed by atoms with van der Waals surface area (Å²) in [4.78, 5) is 35.2. The number of nitrogens with zero attached hydrogens (tertiary/aromatic N) is 3. The van der Waals surface area contributed by atoms with Crippen LogP contribution in [0.5, 0.6) is 0 Å². The third kappa shape index (κ3) is 4.86. The third-order valence-corrected chi connectivity index (χ3v) is 6.74. The molecule has 1 atom stereocenters. The largest absolute Gasteiger partial charge is 0.343 e. The Morgan fingerprint density at radius 1 is 1.13 bits per heavy atom. The maximum absolute atomic E-state index is 13.4. The van der Waals surface area contributed by atoms with E-state index in [1.807, 2.05) is 36.2 Å². The first-order valence-corrected chi connectivity index (χ1v) is 11.3. The van der Waals surface area contributed by atoms with Gasteiger partial charge in [0, 0.05) is 54.5 Å². The van der Waals surface area contributed by atoms with Crippen LogP contribution in [0.3, 0.4) is 0 Å². The van der Waals surface area contributed by atoms with Crippen molar-refractivity contribution >= 4 is 35.0 Å². The molecular weight excluding hydrogens is 435 g/mol. The number of likely N-dealkylation sites (N-methyl/N-ethyl adjacent to an activating group) is 1. The average Bonchev–Trinajstić information content (AvgIpc) is 3.56. The number of benzene rings is 1. The molecule has 2 amide bonds. The fourth-order valence-electron chi connectivity index (χ4n) is 4.09. The second kappa shape index (κ2) is 9.15. The number of amides is 2. The van der Waals surface area contributed by atoms with E-state index in [4.69, 9.17) is 23.2 Å². The summed E-state index contributed by atoms with van der Waals surface area (Å²) in [7, 11) is 2.04. The van der Waals surface area contributed by atoms with E-state index in [0.717, 1.165) is 24.3 Å². The van der Waals surface area contributed by atoms with Gasteiger partial charge in [0.2, 0.25) is 11.8 Å². The first kappa shape index (κ1) is 22.1. The summed E-state index contributed by atoms with van der Waals surface area (Å²) in [5.41, 5.74) is 0.830. The SMILES string of the molecule is CN1CCN(C(=O)C(Cc2ccccn2)NC(=O)C2(c3ccc(Cl)cc3Cl)CC2)CC1. The number of rotatable bonds is 6. The Kier molecular flexibility index (Phi) is 6.51. The first-order valence-electron chi connectivity index (χ1n) is 10.5. The summed E-state index contributed by atoms with van der Waals surface area (Å²) < 4.78 is 0. The Hall–Kier alpha value is -2.15. The standard InChI is InChI=1S/C23H26Cl2N4O2/c1-28-10-12-29(13-11-28)21(30)20(15-17-4-2-3-9-26-17)27-22(31)23(7-8-23)18-6-5-16(24)14-19(18)25/h2-6,9,14,20H,7-8,10-13,15H2,1H3,(H,27,31). The number of hydrogen-bond donors (Lipinski definition) is 1. The molecule has 0 spiro atoms. The smallest absolute Gasteiger partial charge is 0.245 e. The van der Waals surface area contributed by atoms with Crippen LogP contribution < -0.4 is 5.32 Å². The Morgan fingerprint density at radius 2 is 1.87 bits per heavy atom. The highest BCUT2D eigenvalue weighted by Gasteiger charge is 2.53. The molecule has 4 rings (SSSR count). The van der Waals surface area contributed by atoms with Crippen molar-refractivity contribution in [3.8, 4) is 0 Å². The highest BCUT2D eigenvalue weighted by molar-refractivity contribution is 6.35. The molecule has 6 nitrogen and oxygen atoms in total. The van der Waals surface area contributed by atoms with Crippen LogP contribution in [0.25, 0.3) is 0 Å². The van der Waals surface area contributed by atoms with Crippen molar-refractivity contribution in [2.24, 2.45) is 0 Å². The molecule has 164 valence electrons. The number of piperazine rings is 1. The molecule has 1 aromatic heterocycles. The Labute approximate surface area is 192 Å². The van der Waals surface area contributed by atoms with E-state index in [0.29, 0.717) is 42.4 Å². The molecule has 1 unspecified atom stereocenters. The zero-order chi connectivity index (χ0) is 22.0. The van der Waals surface area contributed by atoms with Crippen molar-refractivity contribution < 1.29 is 9.59 Å². The fraction of sp³-hybridized carbons (Fsp3) is 0.435. The number of aromatic nitrogens is 1. The lowest BCUT2D eigenvalue weighted by molar-refractivity contribution is -0.138. The summed E-state index contributed by atoms with van der Waals surface area (Å²) in [5, 5.41) is 4.05.